The summed E-state index contributed by atoms with van der Waals surface area (Å²) in [4.78, 5) is 16.9. The number of carbonyl (C=O) groups excluding carboxylic acids is 1. The Bertz CT molecular complexity index is 1270. The van der Waals surface area contributed by atoms with Crippen molar-refractivity contribution in [2.45, 2.75) is 19.2 Å². The molecule has 4 aromatic rings. The van der Waals surface area contributed by atoms with E-state index in [0.29, 0.717) is 17.0 Å². The Balaban J connectivity index is 1.51. The molecule has 4 rings (SSSR count). The molecule has 0 spiro atoms. The molecule has 0 radical (unpaired) electrons. The van der Waals surface area contributed by atoms with Gasteiger partial charge < -0.3 is 9.73 Å². The number of furan rings is 1. The number of pyridine rings is 1. The van der Waals surface area contributed by atoms with Crippen molar-refractivity contribution < 1.29 is 21.8 Å². The molecule has 1 aromatic carbocycles. The van der Waals surface area contributed by atoms with Crippen molar-refractivity contribution >= 4 is 27.0 Å². The van der Waals surface area contributed by atoms with E-state index in [2.05, 4.69) is 24.8 Å². The maximum Gasteiger partial charge on any atom is 0.264 e. The van der Waals surface area contributed by atoms with E-state index in [9.17, 15) is 13.2 Å². The molecular formula is C20H19N5O5S. The lowest BCUT2D eigenvalue weighted by Gasteiger charge is -2.16. The first-order chi connectivity index (χ1) is 14.9. The lowest BCUT2D eigenvalue weighted by Crippen LogP contribution is -2.32. The third kappa shape index (κ3) is 5.32. The molecule has 1 atom stereocenters. The molecule has 0 aliphatic rings. The number of rotatable bonds is 8. The average molecular weight is 441 g/mol. The summed E-state index contributed by atoms with van der Waals surface area (Å²) in [5, 5.41) is 11.5. The third-order valence-electron chi connectivity index (χ3n) is 4.36. The van der Waals surface area contributed by atoms with Crippen molar-refractivity contribution in [1.82, 2.24) is 25.3 Å². The summed E-state index contributed by atoms with van der Waals surface area (Å²) in [6.07, 6.45) is 5.71. The first-order valence-corrected chi connectivity index (χ1v) is 11.1. The van der Waals surface area contributed by atoms with Gasteiger partial charge in [0.25, 0.3) is 10.1 Å². The first-order valence-electron chi connectivity index (χ1n) is 9.28. The third-order valence-corrected chi connectivity index (χ3v) is 4.91. The van der Waals surface area contributed by atoms with Crippen LogP contribution in [0.5, 0.6) is 0 Å². The first kappa shape index (κ1) is 20.7. The highest BCUT2D eigenvalue weighted by Gasteiger charge is 2.21. The van der Waals surface area contributed by atoms with Crippen molar-refractivity contribution in [3.63, 3.8) is 0 Å². The van der Waals surface area contributed by atoms with E-state index >= 15 is 0 Å². The van der Waals surface area contributed by atoms with Crippen LogP contribution in [0, 0.1) is 0 Å². The van der Waals surface area contributed by atoms with E-state index in [-0.39, 0.29) is 19.1 Å². The van der Waals surface area contributed by atoms with Crippen LogP contribution < -0.4 is 5.32 Å². The predicted octanol–water partition coefficient (Wildman–Crippen LogP) is 1.80. The lowest BCUT2D eigenvalue weighted by atomic mass is 10.1. The molecule has 1 unspecified atom stereocenters. The normalized spacial score (nSPS) is 12.7. The quantitative estimate of drug-likeness (QED) is 0.410. The lowest BCUT2D eigenvalue weighted by molar-refractivity contribution is -0.122. The molecule has 0 aliphatic heterocycles. The van der Waals surface area contributed by atoms with Crippen LogP contribution in [0.25, 0.3) is 11.0 Å². The van der Waals surface area contributed by atoms with Crippen molar-refractivity contribution in [2.24, 2.45) is 0 Å². The summed E-state index contributed by atoms with van der Waals surface area (Å²) in [5.74, 6) is 0.234. The van der Waals surface area contributed by atoms with Gasteiger partial charge in [0.1, 0.15) is 36.2 Å². The van der Waals surface area contributed by atoms with Crippen molar-refractivity contribution in [3.8, 4) is 0 Å². The average Bonchev–Trinajstić information content (AvgIpc) is 3.37. The molecule has 0 fully saturated rings. The Morgan fingerprint density at radius 3 is 2.84 bits per heavy atom. The highest BCUT2D eigenvalue weighted by molar-refractivity contribution is 7.85. The van der Waals surface area contributed by atoms with E-state index in [1.807, 2.05) is 36.4 Å². The number of carbonyl (C=O) groups is 1. The molecule has 11 heteroatoms. The van der Waals surface area contributed by atoms with E-state index < -0.39 is 16.2 Å². The molecule has 0 saturated carbocycles. The highest BCUT2D eigenvalue weighted by Crippen LogP contribution is 2.28. The van der Waals surface area contributed by atoms with Gasteiger partial charge in [-0.3, -0.25) is 14.0 Å². The molecule has 0 bridgehead atoms. The van der Waals surface area contributed by atoms with Crippen molar-refractivity contribution in [3.05, 3.63) is 78.1 Å². The predicted molar refractivity (Wildman–Crippen MR) is 110 cm³/mol. The van der Waals surface area contributed by atoms with Crippen LogP contribution in [0.15, 0.2) is 65.5 Å². The Morgan fingerprint density at radius 2 is 2.10 bits per heavy atom. The van der Waals surface area contributed by atoms with Crippen LogP contribution in [0.2, 0.25) is 0 Å². The Hall–Kier alpha value is -3.57. The minimum atomic E-state index is -3.60. The minimum Gasteiger partial charge on any atom is -0.459 e. The van der Waals surface area contributed by atoms with Gasteiger partial charge in [-0.1, -0.05) is 29.5 Å². The number of para-hydroxylation sites is 1. The molecule has 1 N–H and O–H groups in total. The van der Waals surface area contributed by atoms with Gasteiger partial charge in [-0.15, -0.1) is 5.10 Å². The second-order valence-electron chi connectivity index (χ2n) is 6.85. The number of fused-ring (bicyclic) bond motifs is 1. The zero-order valence-electron chi connectivity index (χ0n) is 16.5. The second kappa shape index (κ2) is 8.66. The summed E-state index contributed by atoms with van der Waals surface area (Å²) in [5.41, 5.74) is 1.77. The molecule has 31 heavy (non-hydrogen) atoms. The van der Waals surface area contributed by atoms with Gasteiger partial charge in [0.2, 0.25) is 5.91 Å². The van der Waals surface area contributed by atoms with Gasteiger partial charge >= 0.3 is 0 Å². The number of nitrogens with zero attached hydrogens (tertiary/aromatic N) is 4. The fourth-order valence-electron chi connectivity index (χ4n) is 3.01. The molecule has 3 heterocycles. The molecular weight excluding hydrogens is 422 g/mol. The molecule has 160 valence electrons. The maximum absolute atomic E-state index is 12.7. The van der Waals surface area contributed by atoms with E-state index in [1.165, 1.54) is 10.9 Å². The topological polar surface area (TPSA) is 129 Å². The summed E-state index contributed by atoms with van der Waals surface area (Å²) in [6.45, 7) is -0.374. The molecule has 1 amide bonds. The van der Waals surface area contributed by atoms with Crippen LogP contribution in [0.1, 0.15) is 23.1 Å². The largest absolute Gasteiger partial charge is 0.459 e. The Morgan fingerprint density at radius 1 is 1.26 bits per heavy atom. The van der Waals surface area contributed by atoms with Crippen LogP contribution in [0.3, 0.4) is 0 Å². The summed E-state index contributed by atoms with van der Waals surface area (Å²) in [6, 6.07) is 12.5. The summed E-state index contributed by atoms with van der Waals surface area (Å²) >= 11 is 0. The molecule has 0 saturated heterocycles. The summed E-state index contributed by atoms with van der Waals surface area (Å²) < 4.78 is 34.1. The van der Waals surface area contributed by atoms with E-state index in [0.717, 1.165) is 17.2 Å². The standard InChI is InChI=1S/C20H19N5O5S/c1-31(27,28)29-13-16-11-25(24-23-16)12-19(26)22-20(15-6-4-8-21-10-15)18-9-14-5-2-3-7-17(14)30-18/h2-11,20H,12-13H2,1H3,(H,22,26). The van der Waals surface area contributed by atoms with Crippen LogP contribution in [0.4, 0.5) is 0 Å². The second-order valence-corrected chi connectivity index (χ2v) is 8.49. The van der Waals surface area contributed by atoms with Gasteiger partial charge in [-0.2, -0.15) is 8.42 Å². The Kier molecular flexibility index (Phi) is 5.78. The van der Waals surface area contributed by atoms with Gasteiger partial charge in [-0.05, 0) is 18.2 Å². The molecule has 3 aromatic heterocycles. The molecule has 10 nitrogen and oxygen atoms in total. The van der Waals surface area contributed by atoms with Gasteiger partial charge in [0.05, 0.1) is 12.5 Å². The van der Waals surface area contributed by atoms with E-state index in [1.54, 1.807) is 18.5 Å². The zero-order valence-corrected chi connectivity index (χ0v) is 17.3. The number of aromatic nitrogens is 4. The van der Waals surface area contributed by atoms with E-state index in [4.69, 9.17) is 4.42 Å². The number of benzene rings is 1. The summed E-state index contributed by atoms with van der Waals surface area (Å²) in [7, 11) is -3.60. The van der Waals surface area contributed by atoms with Crippen LogP contribution in [-0.4, -0.2) is 40.6 Å². The van der Waals surface area contributed by atoms with Gasteiger partial charge in [0.15, 0.2) is 0 Å². The number of nitrogens with one attached hydrogen (secondary N) is 1. The molecule has 0 aliphatic carbocycles. The number of amides is 1. The minimum absolute atomic E-state index is 0.122. The van der Waals surface area contributed by atoms with Crippen molar-refractivity contribution in [1.29, 1.82) is 0 Å². The van der Waals surface area contributed by atoms with Crippen LogP contribution >= 0.6 is 0 Å². The smallest absolute Gasteiger partial charge is 0.264 e. The maximum atomic E-state index is 12.7. The highest BCUT2D eigenvalue weighted by atomic mass is 32.2. The SMILES string of the molecule is CS(=O)(=O)OCc1cn(CC(=O)NC(c2cccnc2)c2cc3ccccc3o2)nn1. The van der Waals surface area contributed by atoms with Crippen LogP contribution in [-0.2, 0) is 32.2 Å². The number of hydrogen-bond donors (Lipinski definition) is 1. The Labute approximate surface area is 178 Å². The number of hydrogen-bond acceptors (Lipinski definition) is 8. The fourth-order valence-corrected chi connectivity index (χ4v) is 3.35. The monoisotopic (exact) mass is 441 g/mol. The fraction of sp³-hybridized carbons (Fsp3) is 0.200. The van der Waals surface area contributed by atoms with Gasteiger partial charge in [0, 0.05) is 23.3 Å². The zero-order chi connectivity index (χ0) is 21.8. The van der Waals surface area contributed by atoms with Gasteiger partial charge in [-0.25, -0.2) is 4.68 Å². The van der Waals surface area contributed by atoms with Crippen molar-refractivity contribution in [2.75, 3.05) is 6.26 Å².